The molecular weight excluding hydrogens is 382 g/mol. The molecule has 0 saturated carbocycles. The van der Waals surface area contributed by atoms with Crippen LogP contribution in [0.1, 0.15) is 11.3 Å². The van der Waals surface area contributed by atoms with Crippen molar-refractivity contribution in [1.82, 2.24) is 14.5 Å². The molecular formula is C20H20F2N4O3. The third kappa shape index (κ3) is 4.81. The van der Waals surface area contributed by atoms with Gasteiger partial charge in [-0.15, -0.1) is 0 Å². The van der Waals surface area contributed by atoms with Crippen molar-refractivity contribution in [2.45, 2.75) is 20.1 Å². The fourth-order valence-electron chi connectivity index (χ4n) is 2.86. The standard InChI is InChI=1S/C20H20F2N4O3/c1-13-11-23-19(27)26(13)17-6-4-3-5-16(17)24-20(28)25(2)12-14-7-9-15(10-8-14)29-18(21)22/h3-11,18H,12H2,1-2H3,(H,23,27)(H,24,28). The van der Waals surface area contributed by atoms with Crippen LogP contribution in [0, 0.1) is 6.92 Å². The lowest BCUT2D eigenvalue weighted by Gasteiger charge is -2.20. The Hall–Kier alpha value is -3.62. The highest BCUT2D eigenvalue weighted by atomic mass is 19.3. The van der Waals surface area contributed by atoms with Gasteiger partial charge in [0.1, 0.15) is 5.75 Å². The van der Waals surface area contributed by atoms with E-state index in [2.05, 4.69) is 15.0 Å². The molecule has 152 valence electrons. The zero-order valence-corrected chi connectivity index (χ0v) is 15.9. The number of hydrogen-bond acceptors (Lipinski definition) is 3. The van der Waals surface area contributed by atoms with E-state index in [1.165, 1.54) is 21.6 Å². The summed E-state index contributed by atoms with van der Waals surface area (Å²) in [4.78, 5) is 28.7. The number of halogens is 2. The average Bonchev–Trinajstić information content (AvgIpc) is 3.01. The minimum atomic E-state index is -2.88. The second-order valence-corrected chi connectivity index (χ2v) is 6.40. The Morgan fingerprint density at radius 2 is 1.90 bits per heavy atom. The number of ether oxygens (including phenoxy) is 1. The predicted octanol–water partition coefficient (Wildman–Crippen LogP) is 3.74. The first-order valence-electron chi connectivity index (χ1n) is 8.77. The Morgan fingerprint density at radius 1 is 1.21 bits per heavy atom. The number of anilines is 1. The van der Waals surface area contributed by atoms with Crippen molar-refractivity contribution in [3.63, 3.8) is 0 Å². The topological polar surface area (TPSA) is 79.4 Å². The van der Waals surface area contributed by atoms with E-state index in [-0.39, 0.29) is 24.0 Å². The highest BCUT2D eigenvalue weighted by Gasteiger charge is 2.15. The number of urea groups is 1. The molecule has 2 aromatic carbocycles. The maximum atomic E-state index is 12.6. The summed E-state index contributed by atoms with van der Waals surface area (Å²) in [5.41, 5.74) is 2.18. The number of nitrogens with one attached hydrogen (secondary N) is 2. The second-order valence-electron chi connectivity index (χ2n) is 6.40. The molecule has 1 heterocycles. The molecule has 0 bridgehead atoms. The summed E-state index contributed by atoms with van der Waals surface area (Å²) in [6.07, 6.45) is 1.59. The van der Waals surface area contributed by atoms with Gasteiger partial charge in [-0.3, -0.25) is 4.57 Å². The van der Waals surface area contributed by atoms with E-state index in [0.717, 1.165) is 5.56 Å². The van der Waals surface area contributed by atoms with Gasteiger partial charge in [0.05, 0.1) is 11.4 Å². The van der Waals surface area contributed by atoms with Gasteiger partial charge in [-0.2, -0.15) is 8.78 Å². The molecule has 0 fully saturated rings. The third-order valence-electron chi connectivity index (χ3n) is 4.26. The summed E-state index contributed by atoms with van der Waals surface area (Å²) in [5.74, 6) is 0.0529. The Balaban J connectivity index is 1.71. The van der Waals surface area contributed by atoms with Gasteiger partial charge in [0.25, 0.3) is 0 Å². The maximum absolute atomic E-state index is 12.6. The summed E-state index contributed by atoms with van der Waals surface area (Å²) in [6, 6.07) is 12.6. The Kier molecular flexibility index (Phi) is 5.96. The number of alkyl halides is 2. The minimum absolute atomic E-state index is 0.0529. The summed E-state index contributed by atoms with van der Waals surface area (Å²) in [5, 5.41) is 2.80. The first kappa shape index (κ1) is 20.1. The van der Waals surface area contributed by atoms with Crippen LogP contribution in [-0.4, -0.2) is 34.1 Å². The van der Waals surface area contributed by atoms with Crippen LogP contribution in [0.25, 0.3) is 5.69 Å². The van der Waals surface area contributed by atoms with E-state index in [1.54, 1.807) is 56.6 Å². The summed E-state index contributed by atoms with van der Waals surface area (Å²) in [7, 11) is 1.61. The zero-order chi connectivity index (χ0) is 21.0. The van der Waals surface area contributed by atoms with Crippen LogP contribution in [0.4, 0.5) is 19.3 Å². The molecule has 7 nitrogen and oxygen atoms in total. The number of aromatic amines is 1. The van der Waals surface area contributed by atoms with Crippen molar-refractivity contribution >= 4 is 11.7 Å². The molecule has 9 heteroatoms. The predicted molar refractivity (Wildman–Crippen MR) is 105 cm³/mol. The van der Waals surface area contributed by atoms with Crippen LogP contribution in [0.2, 0.25) is 0 Å². The van der Waals surface area contributed by atoms with Gasteiger partial charge >= 0.3 is 18.3 Å². The number of hydrogen-bond donors (Lipinski definition) is 2. The van der Waals surface area contributed by atoms with Gasteiger partial charge in [0, 0.05) is 25.5 Å². The van der Waals surface area contributed by atoms with Gasteiger partial charge in [-0.25, -0.2) is 9.59 Å². The lowest BCUT2D eigenvalue weighted by molar-refractivity contribution is -0.0498. The van der Waals surface area contributed by atoms with E-state index in [4.69, 9.17) is 0 Å². The zero-order valence-electron chi connectivity index (χ0n) is 15.9. The molecule has 0 atom stereocenters. The van der Waals surface area contributed by atoms with E-state index < -0.39 is 6.61 Å². The molecule has 3 rings (SSSR count). The number of benzene rings is 2. The number of imidazole rings is 1. The van der Waals surface area contributed by atoms with E-state index >= 15 is 0 Å². The number of nitrogens with zero attached hydrogens (tertiary/aromatic N) is 2. The van der Waals surface area contributed by atoms with E-state index in [9.17, 15) is 18.4 Å². The molecule has 2 amide bonds. The van der Waals surface area contributed by atoms with E-state index in [0.29, 0.717) is 17.1 Å². The number of carbonyl (C=O) groups excluding carboxylic acids is 1. The van der Waals surface area contributed by atoms with Crippen molar-refractivity contribution in [3.05, 3.63) is 76.5 Å². The van der Waals surface area contributed by atoms with Crippen LogP contribution in [0.3, 0.4) is 0 Å². The minimum Gasteiger partial charge on any atom is -0.435 e. The summed E-state index contributed by atoms with van der Waals surface area (Å²) >= 11 is 0. The van der Waals surface area contributed by atoms with E-state index in [1.807, 2.05) is 0 Å². The Morgan fingerprint density at radius 3 is 2.52 bits per heavy atom. The number of rotatable bonds is 6. The molecule has 0 saturated heterocycles. The number of aromatic nitrogens is 2. The van der Waals surface area contributed by atoms with Crippen LogP contribution in [0.15, 0.2) is 59.5 Å². The lowest BCUT2D eigenvalue weighted by atomic mass is 10.2. The van der Waals surface area contributed by atoms with Gasteiger partial charge in [-0.05, 0) is 36.8 Å². The summed E-state index contributed by atoms with van der Waals surface area (Å²) in [6.45, 7) is -0.846. The molecule has 0 radical (unpaired) electrons. The van der Waals surface area contributed by atoms with Crippen molar-refractivity contribution in [2.75, 3.05) is 12.4 Å². The number of aryl methyl sites for hydroxylation is 1. The van der Waals surface area contributed by atoms with Gasteiger partial charge in [-0.1, -0.05) is 24.3 Å². The normalized spacial score (nSPS) is 10.8. The van der Waals surface area contributed by atoms with Crippen LogP contribution >= 0.6 is 0 Å². The number of amides is 2. The highest BCUT2D eigenvalue weighted by Crippen LogP contribution is 2.21. The first-order chi connectivity index (χ1) is 13.8. The van der Waals surface area contributed by atoms with Crippen molar-refractivity contribution in [1.29, 1.82) is 0 Å². The van der Waals surface area contributed by atoms with Crippen LogP contribution in [0.5, 0.6) is 5.75 Å². The molecule has 1 aromatic heterocycles. The van der Waals surface area contributed by atoms with Crippen LogP contribution in [-0.2, 0) is 6.54 Å². The SMILES string of the molecule is Cc1c[nH]c(=O)n1-c1ccccc1NC(=O)N(C)Cc1ccc(OC(F)F)cc1. The maximum Gasteiger partial charge on any atom is 0.387 e. The fraction of sp³-hybridized carbons (Fsp3) is 0.200. The Labute approximate surface area is 165 Å². The summed E-state index contributed by atoms with van der Waals surface area (Å²) < 4.78 is 30.2. The number of para-hydroxylation sites is 2. The molecule has 2 N–H and O–H groups in total. The molecule has 29 heavy (non-hydrogen) atoms. The molecule has 0 aliphatic carbocycles. The fourth-order valence-corrected chi connectivity index (χ4v) is 2.86. The molecule has 0 unspecified atom stereocenters. The Bertz CT molecular complexity index is 1040. The van der Waals surface area contributed by atoms with Crippen molar-refractivity contribution in [2.24, 2.45) is 0 Å². The largest absolute Gasteiger partial charge is 0.435 e. The molecule has 0 aliphatic rings. The van der Waals surface area contributed by atoms with Gasteiger partial charge < -0.3 is 19.9 Å². The third-order valence-corrected chi connectivity index (χ3v) is 4.26. The molecule has 0 aliphatic heterocycles. The smallest absolute Gasteiger partial charge is 0.387 e. The second kappa shape index (κ2) is 8.59. The monoisotopic (exact) mass is 402 g/mol. The molecule has 3 aromatic rings. The van der Waals surface area contributed by atoms with Crippen molar-refractivity contribution in [3.8, 4) is 11.4 Å². The van der Waals surface area contributed by atoms with Crippen molar-refractivity contribution < 1.29 is 18.3 Å². The molecule has 0 spiro atoms. The first-order valence-corrected chi connectivity index (χ1v) is 8.77. The lowest BCUT2D eigenvalue weighted by Crippen LogP contribution is -2.31. The number of H-pyrrole nitrogens is 1. The quantitative estimate of drug-likeness (QED) is 0.659. The van der Waals surface area contributed by atoms with Crippen LogP contribution < -0.4 is 15.7 Å². The van der Waals surface area contributed by atoms with Gasteiger partial charge in [0.15, 0.2) is 0 Å². The van der Waals surface area contributed by atoms with Gasteiger partial charge in [0.2, 0.25) is 0 Å². The highest BCUT2D eigenvalue weighted by molar-refractivity contribution is 5.91. The average molecular weight is 402 g/mol. The number of carbonyl (C=O) groups is 1.